The first-order chi connectivity index (χ1) is 9.74. The van der Waals surface area contributed by atoms with Gasteiger partial charge in [-0.1, -0.05) is 40.2 Å². The number of benzene rings is 2. The summed E-state index contributed by atoms with van der Waals surface area (Å²) in [5.41, 5.74) is 0.888. The summed E-state index contributed by atoms with van der Waals surface area (Å²) in [4.78, 5) is 4.36. The van der Waals surface area contributed by atoms with Crippen molar-refractivity contribution in [3.63, 3.8) is 0 Å². The van der Waals surface area contributed by atoms with Crippen LogP contribution in [0.15, 0.2) is 59.2 Å². The minimum atomic E-state index is -0.224. The maximum absolute atomic E-state index is 13.1. The molecule has 100 valence electrons. The maximum atomic E-state index is 13.1. The average Bonchev–Trinajstić information content (AvgIpc) is 2.46. The van der Waals surface area contributed by atoms with E-state index < -0.39 is 0 Å². The van der Waals surface area contributed by atoms with Crippen molar-refractivity contribution >= 4 is 32.5 Å². The van der Waals surface area contributed by atoms with Gasteiger partial charge in [-0.05, 0) is 29.8 Å². The smallest absolute Gasteiger partial charge is 0.134 e. The molecule has 1 heterocycles. The van der Waals surface area contributed by atoms with E-state index in [1.165, 1.54) is 12.1 Å². The van der Waals surface area contributed by atoms with E-state index >= 15 is 0 Å². The van der Waals surface area contributed by atoms with Crippen LogP contribution in [-0.4, -0.2) is 4.98 Å². The van der Waals surface area contributed by atoms with Gasteiger partial charge in [0, 0.05) is 28.0 Å². The fraction of sp³-hybridized carbons (Fsp3) is 0.0625. The Balaban J connectivity index is 1.90. The molecular weight excluding hydrogens is 319 g/mol. The molecule has 2 aromatic carbocycles. The Morgan fingerprint density at radius 2 is 1.90 bits per heavy atom. The van der Waals surface area contributed by atoms with Crippen molar-refractivity contribution in [1.29, 1.82) is 0 Å². The first-order valence-corrected chi connectivity index (χ1v) is 7.05. The minimum Gasteiger partial charge on any atom is -0.365 e. The third-order valence-electron chi connectivity index (χ3n) is 3.10. The van der Waals surface area contributed by atoms with E-state index in [4.69, 9.17) is 0 Å². The molecule has 0 aliphatic rings. The summed E-state index contributed by atoms with van der Waals surface area (Å²) in [6.45, 7) is 0.538. The number of aromatic nitrogens is 1. The summed E-state index contributed by atoms with van der Waals surface area (Å²) in [5.74, 6) is 0.575. The van der Waals surface area contributed by atoms with Crippen LogP contribution in [0, 0.1) is 5.82 Å². The van der Waals surface area contributed by atoms with Crippen LogP contribution < -0.4 is 5.32 Å². The Bertz CT molecular complexity index is 758. The highest BCUT2D eigenvalue weighted by molar-refractivity contribution is 9.10. The standard InChI is InChI=1S/C16H12BrFN2/c17-15-6-2-5-14-13(15)7-8-19-16(14)20-10-11-3-1-4-12(18)9-11/h1-9H,10H2,(H,19,20). The third kappa shape index (κ3) is 2.65. The van der Waals surface area contributed by atoms with Crippen molar-refractivity contribution in [2.75, 3.05) is 5.32 Å². The van der Waals surface area contributed by atoms with Crippen LogP contribution in [0.3, 0.4) is 0 Å². The molecule has 0 aliphatic carbocycles. The largest absolute Gasteiger partial charge is 0.365 e. The van der Waals surface area contributed by atoms with E-state index in [0.29, 0.717) is 6.54 Å². The van der Waals surface area contributed by atoms with Gasteiger partial charge in [0.25, 0.3) is 0 Å². The molecule has 0 amide bonds. The molecule has 4 heteroatoms. The molecule has 1 N–H and O–H groups in total. The first-order valence-electron chi connectivity index (χ1n) is 6.25. The van der Waals surface area contributed by atoms with Gasteiger partial charge in [0.05, 0.1) is 0 Å². The van der Waals surface area contributed by atoms with Crippen LogP contribution in [0.5, 0.6) is 0 Å². The molecule has 0 unspecified atom stereocenters. The van der Waals surface area contributed by atoms with E-state index in [9.17, 15) is 4.39 Å². The summed E-state index contributed by atoms with van der Waals surface area (Å²) in [7, 11) is 0. The average molecular weight is 331 g/mol. The van der Waals surface area contributed by atoms with Gasteiger partial charge in [0.15, 0.2) is 0 Å². The molecule has 2 nitrogen and oxygen atoms in total. The molecule has 3 rings (SSSR count). The van der Waals surface area contributed by atoms with Gasteiger partial charge in [0.2, 0.25) is 0 Å². The van der Waals surface area contributed by atoms with Crippen LogP contribution >= 0.6 is 15.9 Å². The lowest BCUT2D eigenvalue weighted by molar-refractivity contribution is 0.626. The Kier molecular flexibility index (Phi) is 3.65. The highest BCUT2D eigenvalue weighted by Crippen LogP contribution is 2.27. The van der Waals surface area contributed by atoms with Gasteiger partial charge >= 0.3 is 0 Å². The SMILES string of the molecule is Fc1cccc(CNc2nccc3c(Br)cccc23)c1. The van der Waals surface area contributed by atoms with E-state index in [-0.39, 0.29) is 5.82 Å². The Morgan fingerprint density at radius 1 is 1.05 bits per heavy atom. The van der Waals surface area contributed by atoms with E-state index in [0.717, 1.165) is 26.6 Å². The number of pyridine rings is 1. The van der Waals surface area contributed by atoms with Gasteiger partial charge in [-0.15, -0.1) is 0 Å². The second-order valence-electron chi connectivity index (χ2n) is 4.48. The zero-order valence-corrected chi connectivity index (χ0v) is 12.2. The summed E-state index contributed by atoms with van der Waals surface area (Å²) in [6.07, 6.45) is 1.76. The lowest BCUT2D eigenvalue weighted by Crippen LogP contribution is -2.02. The zero-order chi connectivity index (χ0) is 13.9. The molecule has 0 saturated heterocycles. The summed E-state index contributed by atoms with van der Waals surface area (Å²) >= 11 is 3.53. The molecule has 0 aliphatic heterocycles. The number of hydrogen-bond donors (Lipinski definition) is 1. The van der Waals surface area contributed by atoms with Crippen molar-refractivity contribution < 1.29 is 4.39 Å². The van der Waals surface area contributed by atoms with Crippen LogP contribution in [0.25, 0.3) is 10.8 Å². The van der Waals surface area contributed by atoms with Crippen molar-refractivity contribution in [3.8, 4) is 0 Å². The number of nitrogens with one attached hydrogen (secondary N) is 1. The van der Waals surface area contributed by atoms with Gasteiger partial charge in [-0.2, -0.15) is 0 Å². The summed E-state index contributed by atoms with van der Waals surface area (Å²) in [6, 6.07) is 14.5. The fourth-order valence-electron chi connectivity index (χ4n) is 2.14. The lowest BCUT2D eigenvalue weighted by Gasteiger charge is -2.09. The van der Waals surface area contributed by atoms with Gasteiger partial charge < -0.3 is 5.32 Å². The van der Waals surface area contributed by atoms with Gasteiger partial charge in [-0.3, -0.25) is 0 Å². The van der Waals surface area contributed by atoms with Crippen molar-refractivity contribution in [2.45, 2.75) is 6.54 Å². The molecule has 20 heavy (non-hydrogen) atoms. The molecule has 0 saturated carbocycles. The maximum Gasteiger partial charge on any atom is 0.134 e. The van der Waals surface area contributed by atoms with Crippen LogP contribution in [0.2, 0.25) is 0 Å². The van der Waals surface area contributed by atoms with E-state index in [1.54, 1.807) is 12.3 Å². The zero-order valence-electron chi connectivity index (χ0n) is 10.6. The monoisotopic (exact) mass is 330 g/mol. The summed E-state index contributed by atoms with van der Waals surface area (Å²) < 4.78 is 14.2. The third-order valence-corrected chi connectivity index (χ3v) is 3.79. The fourth-order valence-corrected chi connectivity index (χ4v) is 2.64. The molecule has 0 bridgehead atoms. The number of rotatable bonds is 3. The number of nitrogens with zero attached hydrogens (tertiary/aromatic N) is 1. The number of hydrogen-bond acceptors (Lipinski definition) is 2. The van der Waals surface area contributed by atoms with Crippen molar-refractivity contribution in [3.05, 3.63) is 70.6 Å². The predicted molar refractivity (Wildman–Crippen MR) is 83.2 cm³/mol. The summed E-state index contributed by atoms with van der Waals surface area (Å²) in [5, 5.41) is 5.40. The normalized spacial score (nSPS) is 10.7. The highest BCUT2D eigenvalue weighted by atomic mass is 79.9. The molecule has 0 atom stereocenters. The van der Waals surface area contributed by atoms with Gasteiger partial charge in [-0.25, -0.2) is 9.37 Å². The topological polar surface area (TPSA) is 24.9 Å². The van der Waals surface area contributed by atoms with Crippen LogP contribution in [-0.2, 0) is 6.54 Å². The van der Waals surface area contributed by atoms with E-state index in [2.05, 4.69) is 26.2 Å². The van der Waals surface area contributed by atoms with Crippen molar-refractivity contribution in [1.82, 2.24) is 4.98 Å². The van der Waals surface area contributed by atoms with E-state index in [1.807, 2.05) is 30.3 Å². The van der Waals surface area contributed by atoms with Crippen LogP contribution in [0.1, 0.15) is 5.56 Å². The quantitative estimate of drug-likeness (QED) is 0.749. The number of halogens is 2. The molecule has 0 spiro atoms. The first kappa shape index (κ1) is 13.1. The Morgan fingerprint density at radius 3 is 2.75 bits per heavy atom. The Labute approximate surface area is 124 Å². The van der Waals surface area contributed by atoms with Gasteiger partial charge in [0.1, 0.15) is 11.6 Å². The Hall–Kier alpha value is -1.94. The molecule has 3 aromatic rings. The lowest BCUT2D eigenvalue weighted by atomic mass is 10.1. The molecule has 1 aromatic heterocycles. The minimum absolute atomic E-state index is 0.224. The predicted octanol–water partition coefficient (Wildman–Crippen LogP) is 4.75. The number of fused-ring (bicyclic) bond motifs is 1. The molecule has 0 fully saturated rings. The molecular formula is C16H12BrFN2. The highest BCUT2D eigenvalue weighted by Gasteiger charge is 2.04. The molecule has 0 radical (unpaired) electrons. The number of anilines is 1. The van der Waals surface area contributed by atoms with Crippen molar-refractivity contribution in [2.24, 2.45) is 0 Å². The second kappa shape index (κ2) is 5.59. The van der Waals surface area contributed by atoms with Crippen LogP contribution in [0.4, 0.5) is 10.2 Å². The second-order valence-corrected chi connectivity index (χ2v) is 5.33.